The number of amides is 1. The van der Waals surface area contributed by atoms with E-state index in [1.54, 1.807) is 36.4 Å². The van der Waals surface area contributed by atoms with Gasteiger partial charge in [0.15, 0.2) is 0 Å². The van der Waals surface area contributed by atoms with Gasteiger partial charge >= 0.3 is 6.18 Å². The van der Waals surface area contributed by atoms with Crippen LogP contribution < -0.4 is 11.1 Å². The van der Waals surface area contributed by atoms with Gasteiger partial charge in [-0.05, 0) is 44.0 Å². The van der Waals surface area contributed by atoms with Crippen molar-refractivity contribution in [3.8, 4) is 0 Å². The molecule has 1 aromatic heterocycles. The van der Waals surface area contributed by atoms with E-state index >= 15 is 0 Å². The van der Waals surface area contributed by atoms with Crippen LogP contribution in [-0.4, -0.2) is 29.2 Å². The number of nitrogens with zero attached hydrogens (tertiary/aromatic N) is 1. The maximum Gasteiger partial charge on any atom is 0.411 e. The lowest BCUT2D eigenvalue weighted by Gasteiger charge is -2.09. The van der Waals surface area contributed by atoms with Gasteiger partial charge in [0.25, 0.3) is 5.91 Å². The fourth-order valence-corrected chi connectivity index (χ4v) is 1.83. The number of aromatic nitrogens is 1. The highest BCUT2D eigenvalue weighted by Gasteiger charge is 2.27. The Morgan fingerprint density at radius 2 is 1.54 bits per heavy atom. The number of ether oxygens (including phenoxy) is 1. The molecule has 0 aliphatic carbocycles. The summed E-state index contributed by atoms with van der Waals surface area (Å²) in [5, 5.41) is 2.75. The number of halogens is 3. The second-order valence-corrected chi connectivity index (χ2v) is 7.40. The predicted molar refractivity (Wildman–Crippen MR) is 100 cm³/mol. The van der Waals surface area contributed by atoms with Gasteiger partial charge in [-0.15, -0.1) is 0 Å². The third kappa shape index (κ3) is 12.0. The molecule has 28 heavy (non-hydrogen) atoms. The number of quaternary nitrogens is 1. The van der Waals surface area contributed by atoms with Crippen molar-refractivity contribution in [3.05, 3.63) is 65.5 Å². The first-order chi connectivity index (χ1) is 12.9. The lowest BCUT2D eigenvalue weighted by Crippen LogP contribution is -2.67. The molecule has 8 heteroatoms. The Kier molecular flexibility index (Phi) is 9.08. The Bertz CT molecular complexity index is 706. The molecule has 0 bridgehead atoms. The molecule has 0 saturated heterocycles. The molecule has 0 aliphatic rings. The highest BCUT2D eigenvalue weighted by atomic mass is 19.4. The summed E-state index contributed by atoms with van der Waals surface area (Å²) in [4.78, 5) is 15.7. The zero-order valence-corrected chi connectivity index (χ0v) is 16.3. The molecule has 0 saturated carbocycles. The van der Waals surface area contributed by atoms with Gasteiger partial charge in [0.1, 0.15) is 6.61 Å². The summed E-state index contributed by atoms with van der Waals surface area (Å²) >= 11 is 0. The summed E-state index contributed by atoms with van der Waals surface area (Å²) in [6.45, 7) is 5.18. The van der Waals surface area contributed by atoms with E-state index in [2.05, 4.69) is 41.5 Å². The third-order valence-corrected chi connectivity index (χ3v) is 2.95. The minimum Gasteiger partial charge on any atom is -0.367 e. The normalized spacial score (nSPS) is 11.4. The first-order valence-corrected chi connectivity index (χ1v) is 8.70. The van der Waals surface area contributed by atoms with Crippen LogP contribution in [0.15, 0.2) is 48.8 Å². The molecule has 0 radical (unpaired) electrons. The van der Waals surface area contributed by atoms with Crippen LogP contribution in [0.25, 0.3) is 0 Å². The van der Waals surface area contributed by atoms with Crippen molar-refractivity contribution in [1.29, 1.82) is 0 Å². The second-order valence-electron chi connectivity index (χ2n) is 7.40. The zero-order valence-electron chi connectivity index (χ0n) is 16.3. The molecule has 0 spiro atoms. The van der Waals surface area contributed by atoms with Gasteiger partial charge in [-0.25, -0.2) is 0 Å². The van der Waals surface area contributed by atoms with Crippen LogP contribution in [0.5, 0.6) is 0 Å². The van der Waals surface area contributed by atoms with E-state index in [1.807, 2.05) is 0 Å². The van der Waals surface area contributed by atoms with E-state index in [9.17, 15) is 18.0 Å². The van der Waals surface area contributed by atoms with E-state index in [1.165, 1.54) is 12.4 Å². The Morgan fingerprint density at radius 1 is 1.04 bits per heavy atom. The largest absolute Gasteiger partial charge is 0.411 e. The number of carbonyl (C=O) groups is 1. The van der Waals surface area contributed by atoms with E-state index in [-0.39, 0.29) is 18.1 Å². The minimum absolute atomic E-state index is 0.108. The summed E-state index contributed by atoms with van der Waals surface area (Å²) in [6, 6.07) is 10.0. The number of alkyl halides is 3. The van der Waals surface area contributed by atoms with Crippen LogP contribution in [-0.2, 0) is 17.9 Å². The fraction of sp³-hybridized carbons (Fsp3) is 0.400. The molecule has 0 aliphatic heterocycles. The summed E-state index contributed by atoms with van der Waals surface area (Å²) in [5.41, 5.74) is 6.01. The van der Waals surface area contributed by atoms with Crippen LogP contribution in [0.2, 0.25) is 0 Å². The molecule has 1 heterocycles. The third-order valence-electron chi connectivity index (χ3n) is 2.95. The number of rotatable bonds is 6. The number of hydrogen-bond acceptors (Lipinski definition) is 3. The highest BCUT2D eigenvalue weighted by molar-refractivity contribution is 5.93. The molecular weight excluding hydrogens is 371 g/mol. The zero-order chi connectivity index (χ0) is 21.2. The van der Waals surface area contributed by atoms with Crippen LogP contribution in [0.4, 0.5) is 13.2 Å². The van der Waals surface area contributed by atoms with E-state index in [0.29, 0.717) is 17.7 Å². The highest BCUT2D eigenvalue weighted by Crippen LogP contribution is 2.15. The molecule has 1 aromatic carbocycles. The minimum atomic E-state index is -4.32. The van der Waals surface area contributed by atoms with Crippen molar-refractivity contribution in [1.82, 2.24) is 10.3 Å². The van der Waals surface area contributed by atoms with Crippen molar-refractivity contribution >= 4 is 5.91 Å². The molecule has 1 amide bonds. The van der Waals surface area contributed by atoms with Crippen molar-refractivity contribution < 1.29 is 28.4 Å². The fourth-order valence-electron chi connectivity index (χ4n) is 1.83. The lowest BCUT2D eigenvalue weighted by molar-refractivity contribution is -0.458. The molecule has 154 valence electrons. The summed E-state index contributed by atoms with van der Waals surface area (Å²) in [7, 11) is 0. The average Bonchev–Trinajstić information content (AvgIpc) is 2.59. The topological polar surface area (TPSA) is 78.9 Å². The maximum absolute atomic E-state index is 12.0. The van der Waals surface area contributed by atoms with Gasteiger partial charge in [0.2, 0.25) is 0 Å². The Morgan fingerprint density at radius 3 is 2.04 bits per heavy atom. The monoisotopic (exact) mass is 398 g/mol. The Hall–Kier alpha value is -2.45. The molecule has 4 N–H and O–H groups in total. The van der Waals surface area contributed by atoms with Crippen molar-refractivity contribution in [3.63, 3.8) is 0 Å². The van der Waals surface area contributed by atoms with Crippen LogP contribution >= 0.6 is 0 Å². The summed E-state index contributed by atoms with van der Waals surface area (Å²) in [6.07, 6.45) is -1.26. The van der Waals surface area contributed by atoms with Crippen molar-refractivity contribution in [2.24, 2.45) is 0 Å². The van der Waals surface area contributed by atoms with Gasteiger partial charge in [-0.1, -0.05) is 24.3 Å². The molecule has 0 fully saturated rings. The maximum atomic E-state index is 12.0. The van der Waals surface area contributed by atoms with Gasteiger partial charge in [-0.2, -0.15) is 13.2 Å². The molecular formula is C20H27F3N3O2+. The predicted octanol–water partition coefficient (Wildman–Crippen LogP) is 3.12. The van der Waals surface area contributed by atoms with Gasteiger partial charge in [0.05, 0.1) is 12.1 Å². The molecule has 2 rings (SSSR count). The van der Waals surface area contributed by atoms with E-state index in [0.717, 1.165) is 5.56 Å². The summed E-state index contributed by atoms with van der Waals surface area (Å²) in [5.74, 6) is -0.218. The Balaban J connectivity index is 0.000000696. The molecule has 0 atom stereocenters. The molecule has 0 unspecified atom stereocenters. The van der Waals surface area contributed by atoms with Crippen molar-refractivity contribution in [2.75, 3.05) is 6.61 Å². The van der Waals surface area contributed by atoms with Crippen LogP contribution in [0, 0.1) is 0 Å². The van der Waals surface area contributed by atoms with Gasteiger partial charge < -0.3 is 15.8 Å². The van der Waals surface area contributed by atoms with Gasteiger partial charge in [0, 0.05) is 24.5 Å². The number of benzene rings is 1. The SMILES string of the molecule is CC(C)(C)[NH3+].O=C(NCc1ccc(COCC(F)(F)F)cc1)c1ccncc1. The number of pyridine rings is 1. The lowest BCUT2D eigenvalue weighted by atomic mass is 10.1. The van der Waals surface area contributed by atoms with E-state index < -0.39 is 12.8 Å². The molecule has 5 nitrogen and oxygen atoms in total. The quantitative estimate of drug-likeness (QED) is 0.785. The van der Waals surface area contributed by atoms with E-state index in [4.69, 9.17) is 0 Å². The Labute approximate surface area is 163 Å². The van der Waals surface area contributed by atoms with Crippen LogP contribution in [0.1, 0.15) is 42.3 Å². The summed E-state index contributed by atoms with van der Waals surface area (Å²) < 4.78 is 40.5. The smallest absolute Gasteiger partial charge is 0.367 e. The second kappa shape index (κ2) is 10.8. The number of hydrogen-bond donors (Lipinski definition) is 2. The average molecular weight is 398 g/mol. The molecule has 2 aromatic rings. The first kappa shape index (κ1) is 23.6. The number of nitrogens with one attached hydrogen (secondary N) is 1. The first-order valence-electron chi connectivity index (χ1n) is 8.70. The standard InChI is InChI=1S/C16H15F3N2O2.C4H11N/c17-16(18,19)11-23-10-13-3-1-12(2-4-13)9-21-15(22)14-5-7-20-8-6-14;1-4(2,3)5/h1-8H,9-11H2,(H,21,22);5H2,1-3H3/p+1. The van der Waals surface area contributed by atoms with Crippen molar-refractivity contribution in [2.45, 2.75) is 45.6 Å². The number of carbonyl (C=O) groups excluding carboxylic acids is 1. The van der Waals surface area contributed by atoms with Crippen LogP contribution in [0.3, 0.4) is 0 Å². The van der Waals surface area contributed by atoms with Gasteiger partial charge in [-0.3, -0.25) is 9.78 Å².